The summed E-state index contributed by atoms with van der Waals surface area (Å²) in [6.45, 7) is 4.23. The van der Waals surface area contributed by atoms with Gasteiger partial charge in [-0.25, -0.2) is 0 Å². The number of hydrogen-bond donors (Lipinski definition) is 1. The molecule has 1 saturated heterocycles. The van der Waals surface area contributed by atoms with Gasteiger partial charge >= 0.3 is 0 Å². The van der Waals surface area contributed by atoms with Crippen LogP contribution in [0.1, 0.15) is 63.0 Å². The number of piperidine rings is 1. The molecule has 2 aliphatic heterocycles. The summed E-state index contributed by atoms with van der Waals surface area (Å²) in [5.74, 6) is 2.00. The van der Waals surface area contributed by atoms with Gasteiger partial charge in [0.15, 0.2) is 23.4 Å². The van der Waals surface area contributed by atoms with Crippen molar-refractivity contribution in [2.24, 2.45) is 5.92 Å². The minimum absolute atomic E-state index is 0. The van der Waals surface area contributed by atoms with E-state index in [9.17, 15) is 4.79 Å². The van der Waals surface area contributed by atoms with Crippen LogP contribution in [0.3, 0.4) is 0 Å². The van der Waals surface area contributed by atoms with E-state index >= 15 is 0 Å². The van der Waals surface area contributed by atoms with Crippen LogP contribution in [-0.4, -0.2) is 50.1 Å². The molecule has 0 amide bonds. The van der Waals surface area contributed by atoms with Crippen molar-refractivity contribution in [1.82, 2.24) is 4.90 Å². The minimum atomic E-state index is -0.407. The third kappa shape index (κ3) is 3.43. The highest BCUT2D eigenvalue weighted by Gasteiger charge is 2.64. The van der Waals surface area contributed by atoms with Crippen LogP contribution in [0.4, 0.5) is 5.69 Å². The highest BCUT2D eigenvalue weighted by atomic mass is 35.5. The molecule has 1 N–H and O–H groups in total. The lowest BCUT2D eigenvalue weighted by Gasteiger charge is -2.55. The second-order valence-electron chi connectivity index (χ2n) is 9.83. The van der Waals surface area contributed by atoms with E-state index in [0.717, 1.165) is 37.4 Å². The van der Waals surface area contributed by atoms with Gasteiger partial charge in [-0.2, -0.15) is 0 Å². The predicted octanol–water partition coefficient (Wildman–Crippen LogP) is 4.90. The SMILES string of the molecule is CCCCCCCCNc1cc(OC)c2c3c1C[C@@H]1[C@@H]4C=CC(=O)[C@H](O2)[C@]34CCN1C.Cl. The summed E-state index contributed by atoms with van der Waals surface area (Å²) in [6, 6.07) is 2.51. The van der Waals surface area contributed by atoms with Gasteiger partial charge in [0.1, 0.15) is 0 Å². The van der Waals surface area contributed by atoms with E-state index in [4.69, 9.17) is 9.47 Å². The van der Waals surface area contributed by atoms with Crippen molar-refractivity contribution in [3.8, 4) is 11.5 Å². The van der Waals surface area contributed by atoms with Crippen molar-refractivity contribution >= 4 is 23.9 Å². The molecule has 0 unspecified atom stereocenters. The maximum atomic E-state index is 12.9. The minimum Gasteiger partial charge on any atom is -0.493 e. The summed E-state index contributed by atoms with van der Waals surface area (Å²) in [4.78, 5) is 15.4. The number of methoxy groups -OCH3 is 1. The molecule has 1 aromatic rings. The fourth-order valence-electron chi connectivity index (χ4n) is 6.59. The Hall–Kier alpha value is -1.72. The topological polar surface area (TPSA) is 50.8 Å². The van der Waals surface area contributed by atoms with Gasteiger partial charge in [-0.3, -0.25) is 4.79 Å². The summed E-state index contributed by atoms with van der Waals surface area (Å²) >= 11 is 0. The normalized spacial score (nSPS) is 29.2. The largest absolute Gasteiger partial charge is 0.493 e. The Balaban J connectivity index is 0.00000245. The van der Waals surface area contributed by atoms with E-state index in [0.29, 0.717) is 12.0 Å². The quantitative estimate of drug-likeness (QED) is 0.531. The summed E-state index contributed by atoms with van der Waals surface area (Å²) in [5, 5.41) is 3.73. The van der Waals surface area contributed by atoms with Crippen molar-refractivity contribution in [2.45, 2.75) is 75.9 Å². The first-order valence-corrected chi connectivity index (χ1v) is 12.2. The van der Waals surface area contributed by atoms with E-state index in [1.807, 2.05) is 0 Å². The molecular formula is C26H37ClN2O3. The van der Waals surface area contributed by atoms with Gasteiger partial charge in [-0.1, -0.05) is 45.1 Å². The van der Waals surface area contributed by atoms with E-state index in [2.05, 4.69) is 36.3 Å². The van der Waals surface area contributed by atoms with Gasteiger partial charge in [0.2, 0.25) is 0 Å². The molecule has 4 aliphatic rings. The molecule has 176 valence electrons. The average molecular weight is 461 g/mol. The molecule has 6 heteroatoms. The monoisotopic (exact) mass is 460 g/mol. The maximum Gasteiger partial charge on any atom is 0.196 e. The van der Waals surface area contributed by atoms with Crippen LogP contribution in [0, 0.1) is 5.92 Å². The Morgan fingerprint density at radius 2 is 2.03 bits per heavy atom. The zero-order valence-electron chi connectivity index (χ0n) is 19.6. The average Bonchev–Trinajstić information content (AvgIpc) is 3.12. The molecule has 0 saturated carbocycles. The highest BCUT2D eigenvalue weighted by molar-refractivity contribution is 5.98. The second-order valence-corrected chi connectivity index (χ2v) is 9.83. The number of ketones is 1. The van der Waals surface area contributed by atoms with Crippen LogP contribution in [0.2, 0.25) is 0 Å². The number of likely N-dealkylation sites (N-methyl/N-ethyl adjacent to an activating group) is 1. The van der Waals surface area contributed by atoms with Gasteiger partial charge in [0.05, 0.1) is 12.5 Å². The predicted molar refractivity (Wildman–Crippen MR) is 131 cm³/mol. The van der Waals surface area contributed by atoms with Crippen molar-refractivity contribution in [2.75, 3.05) is 32.6 Å². The summed E-state index contributed by atoms with van der Waals surface area (Å²) in [5.41, 5.74) is 3.54. The first kappa shape index (κ1) is 23.4. The lowest BCUT2D eigenvalue weighted by molar-refractivity contribution is -0.127. The Morgan fingerprint density at radius 1 is 1.25 bits per heavy atom. The van der Waals surface area contributed by atoms with E-state index in [1.54, 1.807) is 13.2 Å². The number of benzene rings is 1. The molecule has 5 rings (SSSR count). The van der Waals surface area contributed by atoms with Gasteiger partial charge in [-0.15, -0.1) is 12.4 Å². The molecule has 2 aliphatic carbocycles. The number of nitrogens with zero attached hydrogens (tertiary/aromatic N) is 1. The van der Waals surface area contributed by atoms with Crippen molar-refractivity contribution in [1.29, 1.82) is 0 Å². The number of carbonyl (C=O) groups excluding carboxylic acids is 1. The number of rotatable bonds is 9. The molecule has 4 atom stereocenters. The lowest BCUT2D eigenvalue weighted by Crippen LogP contribution is -2.64. The number of likely N-dealkylation sites (tertiary alicyclic amines) is 1. The number of ether oxygens (including phenoxy) is 2. The van der Waals surface area contributed by atoms with Gasteiger partial charge in [0.25, 0.3) is 0 Å². The van der Waals surface area contributed by atoms with Crippen LogP contribution in [-0.2, 0) is 16.6 Å². The Kier molecular flexibility index (Phi) is 6.78. The number of nitrogens with one attached hydrogen (secondary N) is 1. The van der Waals surface area contributed by atoms with E-state index in [-0.39, 0.29) is 23.6 Å². The third-order valence-corrected chi connectivity index (χ3v) is 8.18. The standard InChI is InChI=1S/C26H36N2O3.ClH/c1-4-5-6-7-8-9-13-27-19-16-22(30-3)24-23-17(19)15-20-18-10-11-21(29)25(31-24)26(18,23)12-14-28(20)2;/h10-11,16,18,20,25,27H,4-9,12-15H2,1-3H3;1H/t18-,20+,25-,26-;/m0./s1. The Labute approximate surface area is 198 Å². The molecule has 0 aromatic heterocycles. The summed E-state index contributed by atoms with van der Waals surface area (Å²) < 4.78 is 12.2. The number of halogens is 1. The van der Waals surface area contributed by atoms with E-state index in [1.165, 1.54) is 55.3 Å². The smallest absolute Gasteiger partial charge is 0.196 e. The van der Waals surface area contributed by atoms with Crippen molar-refractivity contribution < 1.29 is 14.3 Å². The third-order valence-electron chi connectivity index (χ3n) is 8.18. The Morgan fingerprint density at radius 3 is 2.81 bits per heavy atom. The zero-order valence-corrected chi connectivity index (χ0v) is 20.4. The number of hydrogen-bond acceptors (Lipinski definition) is 5. The molecule has 1 aromatic carbocycles. The van der Waals surface area contributed by atoms with E-state index < -0.39 is 6.10 Å². The second kappa shape index (κ2) is 9.26. The molecule has 2 bridgehead atoms. The first-order chi connectivity index (χ1) is 15.1. The molecule has 32 heavy (non-hydrogen) atoms. The van der Waals surface area contributed by atoms with Crippen LogP contribution in [0.25, 0.3) is 0 Å². The number of anilines is 1. The van der Waals surface area contributed by atoms with Crippen molar-refractivity contribution in [3.05, 3.63) is 29.3 Å². The van der Waals surface area contributed by atoms with Crippen LogP contribution < -0.4 is 14.8 Å². The number of unbranched alkanes of at least 4 members (excludes halogenated alkanes) is 5. The highest BCUT2D eigenvalue weighted by Crippen LogP contribution is 2.63. The van der Waals surface area contributed by atoms with Gasteiger partial charge < -0.3 is 19.7 Å². The van der Waals surface area contributed by atoms with Crippen LogP contribution >= 0.6 is 12.4 Å². The zero-order chi connectivity index (χ0) is 21.6. The molecule has 2 heterocycles. The Bertz CT molecular complexity index is 902. The van der Waals surface area contributed by atoms with Crippen LogP contribution in [0.5, 0.6) is 11.5 Å². The molecular weight excluding hydrogens is 424 g/mol. The fourth-order valence-corrected chi connectivity index (χ4v) is 6.59. The van der Waals surface area contributed by atoms with Crippen LogP contribution in [0.15, 0.2) is 18.2 Å². The van der Waals surface area contributed by atoms with Gasteiger partial charge in [0, 0.05) is 35.8 Å². The van der Waals surface area contributed by atoms with Gasteiger partial charge in [-0.05, 0) is 44.5 Å². The maximum absolute atomic E-state index is 12.9. The first-order valence-electron chi connectivity index (χ1n) is 12.2. The molecule has 5 nitrogen and oxygen atoms in total. The molecule has 1 spiro atoms. The van der Waals surface area contributed by atoms with Crippen molar-refractivity contribution in [3.63, 3.8) is 0 Å². The summed E-state index contributed by atoms with van der Waals surface area (Å²) in [6.07, 6.45) is 13.2. The number of carbonyl (C=O) groups is 1. The molecule has 0 radical (unpaired) electrons. The summed E-state index contributed by atoms with van der Waals surface area (Å²) in [7, 11) is 3.93. The lowest BCUT2D eigenvalue weighted by atomic mass is 9.53. The fraction of sp³-hybridized carbons (Fsp3) is 0.654. The molecule has 1 fully saturated rings.